The predicted octanol–water partition coefficient (Wildman–Crippen LogP) is 9.64. The van der Waals surface area contributed by atoms with E-state index in [0.717, 1.165) is 51.2 Å². The number of benzene rings is 4. The molecule has 0 saturated heterocycles. The quantitative estimate of drug-likeness (QED) is 0.201. The number of rotatable bonds is 7. The van der Waals surface area contributed by atoms with Gasteiger partial charge in [-0.15, -0.1) is 0 Å². The standard InChI is InChI=1S/C38H32N4/c1-4-5-14-30-22-31(21-20-26(30)2)32-23-33(35-19-12-13-27(3)39-35)25-34(24-32)38-41-36(28-15-8-6-9-16-28)40-37(42-38)29-17-10-7-11-18-29/h5-25H,4H2,1-3H3/b14-5-. The van der Waals surface area contributed by atoms with Crippen molar-refractivity contribution in [1.29, 1.82) is 0 Å². The SMILES string of the molecule is CC/C=C\c1cc(-c2cc(-c3cccc(C)n3)cc(-c3nc(-c4ccccc4)nc(-c4ccccc4)n3)c2)ccc1C. The van der Waals surface area contributed by atoms with Crippen LogP contribution in [-0.2, 0) is 0 Å². The third-order valence-electron chi connectivity index (χ3n) is 7.22. The molecule has 0 aliphatic carbocycles. The lowest BCUT2D eigenvalue weighted by Crippen LogP contribution is -2.00. The van der Waals surface area contributed by atoms with Gasteiger partial charge in [-0.2, -0.15) is 0 Å². The van der Waals surface area contributed by atoms with Gasteiger partial charge in [0, 0.05) is 27.9 Å². The van der Waals surface area contributed by atoms with E-state index in [0.29, 0.717) is 17.5 Å². The summed E-state index contributed by atoms with van der Waals surface area (Å²) in [6.45, 7) is 6.33. The molecule has 6 aromatic rings. The Morgan fingerprint density at radius 2 is 1.10 bits per heavy atom. The third-order valence-corrected chi connectivity index (χ3v) is 7.22. The summed E-state index contributed by atoms with van der Waals surface area (Å²) in [5.41, 5.74) is 10.4. The summed E-state index contributed by atoms with van der Waals surface area (Å²) < 4.78 is 0. The Labute approximate surface area is 247 Å². The molecule has 0 spiro atoms. The maximum Gasteiger partial charge on any atom is 0.164 e. The van der Waals surface area contributed by atoms with Crippen LogP contribution in [0.15, 0.2) is 121 Å². The van der Waals surface area contributed by atoms with E-state index in [-0.39, 0.29) is 0 Å². The first kappa shape index (κ1) is 27.0. The molecule has 204 valence electrons. The van der Waals surface area contributed by atoms with Crippen LogP contribution in [0.25, 0.3) is 62.6 Å². The van der Waals surface area contributed by atoms with Crippen LogP contribution >= 0.6 is 0 Å². The second kappa shape index (κ2) is 12.1. The molecular weight excluding hydrogens is 512 g/mol. The summed E-state index contributed by atoms with van der Waals surface area (Å²) in [6, 6.07) is 39.4. The molecule has 0 bridgehead atoms. The summed E-state index contributed by atoms with van der Waals surface area (Å²) in [5.74, 6) is 1.90. The minimum absolute atomic E-state index is 0.622. The lowest BCUT2D eigenvalue weighted by atomic mass is 9.95. The highest BCUT2D eigenvalue weighted by Crippen LogP contribution is 2.33. The van der Waals surface area contributed by atoms with Crippen LogP contribution in [0, 0.1) is 13.8 Å². The number of nitrogens with zero attached hydrogens (tertiary/aromatic N) is 4. The highest BCUT2D eigenvalue weighted by molar-refractivity contribution is 5.80. The molecule has 4 nitrogen and oxygen atoms in total. The van der Waals surface area contributed by atoms with Gasteiger partial charge in [0.2, 0.25) is 0 Å². The third kappa shape index (κ3) is 5.93. The second-order valence-corrected chi connectivity index (χ2v) is 10.4. The van der Waals surface area contributed by atoms with Crippen LogP contribution in [0.3, 0.4) is 0 Å². The zero-order valence-electron chi connectivity index (χ0n) is 24.1. The molecule has 0 fully saturated rings. The Bertz CT molecular complexity index is 1820. The molecule has 2 aromatic heterocycles. The Morgan fingerprint density at radius 1 is 0.500 bits per heavy atom. The van der Waals surface area contributed by atoms with E-state index in [2.05, 4.69) is 68.5 Å². The fraction of sp³-hybridized carbons (Fsp3) is 0.105. The lowest BCUT2D eigenvalue weighted by molar-refractivity contribution is 1.07. The van der Waals surface area contributed by atoms with E-state index in [1.54, 1.807) is 0 Å². The van der Waals surface area contributed by atoms with Crippen LogP contribution in [0.1, 0.15) is 30.2 Å². The van der Waals surface area contributed by atoms with E-state index < -0.39 is 0 Å². The van der Waals surface area contributed by atoms with Crippen molar-refractivity contribution >= 4 is 6.08 Å². The Kier molecular flexibility index (Phi) is 7.78. The first-order valence-corrected chi connectivity index (χ1v) is 14.3. The molecule has 0 aliphatic heterocycles. The molecule has 2 heterocycles. The molecule has 0 atom stereocenters. The van der Waals surface area contributed by atoms with Gasteiger partial charge in [0.05, 0.1) is 5.69 Å². The predicted molar refractivity (Wildman–Crippen MR) is 174 cm³/mol. The van der Waals surface area contributed by atoms with Crippen molar-refractivity contribution in [2.75, 3.05) is 0 Å². The topological polar surface area (TPSA) is 51.6 Å². The largest absolute Gasteiger partial charge is 0.253 e. The minimum Gasteiger partial charge on any atom is -0.253 e. The van der Waals surface area contributed by atoms with Gasteiger partial charge in [0.1, 0.15) is 0 Å². The summed E-state index contributed by atoms with van der Waals surface area (Å²) in [5, 5.41) is 0. The molecule has 0 N–H and O–H groups in total. The average Bonchev–Trinajstić information content (AvgIpc) is 3.05. The van der Waals surface area contributed by atoms with E-state index >= 15 is 0 Å². The van der Waals surface area contributed by atoms with Gasteiger partial charge in [0.25, 0.3) is 0 Å². The maximum absolute atomic E-state index is 5.00. The Hall–Kier alpha value is -5.22. The minimum atomic E-state index is 0.622. The molecule has 0 aliphatic rings. The molecule has 0 unspecified atom stereocenters. The van der Waals surface area contributed by atoms with Crippen LogP contribution in [0.4, 0.5) is 0 Å². The number of aryl methyl sites for hydroxylation is 2. The molecular formula is C38H32N4. The van der Waals surface area contributed by atoms with Crippen LogP contribution in [0.5, 0.6) is 0 Å². The van der Waals surface area contributed by atoms with E-state index in [1.807, 2.05) is 79.7 Å². The molecule has 4 aromatic carbocycles. The molecule has 6 rings (SSSR count). The van der Waals surface area contributed by atoms with Crippen molar-refractivity contribution in [1.82, 2.24) is 19.9 Å². The molecule has 42 heavy (non-hydrogen) atoms. The van der Waals surface area contributed by atoms with Gasteiger partial charge >= 0.3 is 0 Å². The van der Waals surface area contributed by atoms with Crippen LogP contribution in [-0.4, -0.2) is 19.9 Å². The Balaban J connectivity index is 1.58. The summed E-state index contributed by atoms with van der Waals surface area (Å²) in [4.78, 5) is 19.7. The molecule has 0 radical (unpaired) electrons. The van der Waals surface area contributed by atoms with Crippen molar-refractivity contribution in [2.24, 2.45) is 0 Å². The number of allylic oxidation sites excluding steroid dienone is 1. The normalized spacial score (nSPS) is 11.2. The van der Waals surface area contributed by atoms with Gasteiger partial charge < -0.3 is 0 Å². The summed E-state index contributed by atoms with van der Waals surface area (Å²) in [6.07, 6.45) is 5.40. The zero-order valence-corrected chi connectivity index (χ0v) is 24.1. The zero-order chi connectivity index (χ0) is 28.9. The lowest BCUT2D eigenvalue weighted by Gasteiger charge is -2.13. The van der Waals surface area contributed by atoms with Crippen molar-refractivity contribution < 1.29 is 0 Å². The average molecular weight is 545 g/mol. The highest BCUT2D eigenvalue weighted by Gasteiger charge is 2.15. The van der Waals surface area contributed by atoms with Crippen molar-refractivity contribution in [3.8, 4) is 56.5 Å². The first-order valence-electron chi connectivity index (χ1n) is 14.3. The van der Waals surface area contributed by atoms with Crippen LogP contribution in [0.2, 0.25) is 0 Å². The van der Waals surface area contributed by atoms with Crippen molar-refractivity contribution in [3.63, 3.8) is 0 Å². The Morgan fingerprint density at radius 3 is 1.71 bits per heavy atom. The fourth-order valence-electron chi connectivity index (χ4n) is 4.96. The number of hydrogen-bond donors (Lipinski definition) is 0. The van der Waals surface area contributed by atoms with Gasteiger partial charge in [0.15, 0.2) is 17.5 Å². The summed E-state index contributed by atoms with van der Waals surface area (Å²) >= 11 is 0. The monoisotopic (exact) mass is 544 g/mol. The fourth-order valence-corrected chi connectivity index (χ4v) is 4.96. The maximum atomic E-state index is 5.00. The van der Waals surface area contributed by atoms with Gasteiger partial charge in [-0.05, 0) is 78.9 Å². The summed E-state index contributed by atoms with van der Waals surface area (Å²) in [7, 11) is 0. The van der Waals surface area contributed by atoms with E-state index in [1.165, 1.54) is 11.1 Å². The van der Waals surface area contributed by atoms with Gasteiger partial charge in [-0.3, -0.25) is 4.98 Å². The highest BCUT2D eigenvalue weighted by atomic mass is 15.0. The van der Waals surface area contributed by atoms with Crippen LogP contribution < -0.4 is 0 Å². The molecule has 0 saturated carbocycles. The van der Waals surface area contributed by atoms with Gasteiger partial charge in [-0.25, -0.2) is 15.0 Å². The first-order chi connectivity index (χ1) is 20.6. The number of hydrogen-bond acceptors (Lipinski definition) is 4. The number of aromatic nitrogens is 4. The number of pyridine rings is 1. The van der Waals surface area contributed by atoms with E-state index in [9.17, 15) is 0 Å². The van der Waals surface area contributed by atoms with Crippen molar-refractivity contribution in [3.05, 3.63) is 138 Å². The van der Waals surface area contributed by atoms with Gasteiger partial charge in [-0.1, -0.05) is 97.9 Å². The van der Waals surface area contributed by atoms with Crippen molar-refractivity contribution in [2.45, 2.75) is 27.2 Å². The second-order valence-electron chi connectivity index (χ2n) is 10.4. The van der Waals surface area contributed by atoms with E-state index in [4.69, 9.17) is 19.9 Å². The molecule has 0 amide bonds. The smallest absolute Gasteiger partial charge is 0.164 e. The molecule has 4 heteroatoms.